The van der Waals surface area contributed by atoms with Crippen LogP contribution in [0.5, 0.6) is 0 Å². The fraction of sp³-hybridized carbons (Fsp3) is 0.400. The van der Waals surface area contributed by atoms with Gasteiger partial charge in [-0.2, -0.15) is 0 Å². The van der Waals surface area contributed by atoms with E-state index >= 15 is 0 Å². The summed E-state index contributed by atoms with van der Waals surface area (Å²) in [5.41, 5.74) is 3.85. The molecular weight excluding hydrogens is 298 g/mol. The van der Waals surface area contributed by atoms with Crippen LogP contribution in [0.25, 0.3) is 0 Å². The Morgan fingerprint density at radius 3 is 2.88 bits per heavy atom. The van der Waals surface area contributed by atoms with E-state index in [1.54, 1.807) is 6.92 Å². The summed E-state index contributed by atoms with van der Waals surface area (Å²) in [5.74, 6) is 0.146. The Labute approximate surface area is 143 Å². The SMILES string of the molecule is CC(=O)N1CC2(CCN(Cc3cccnc3)C2)Cc2ccccc21. The molecule has 0 N–H and O–H groups in total. The highest BCUT2D eigenvalue weighted by Gasteiger charge is 2.43. The van der Waals surface area contributed by atoms with Crippen molar-refractivity contribution in [2.24, 2.45) is 5.41 Å². The van der Waals surface area contributed by atoms with Crippen LogP contribution in [-0.4, -0.2) is 35.4 Å². The van der Waals surface area contributed by atoms with Gasteiger partial charge in [0.05, 0.1) is 0 Å². The highest BCUT2D eigenvalue weighted by Crippen LogP contribution is 2.42. The molecular formula is C20H23N3O. The quantitative estimate of drug-likeness (QED) is 0.853. The van der Waals surface area contributed by atoms with Crippen molar-refractivity contribution in [3.8, 4) is 0 Å². The zero-order chi connectivity index (χ0) is 16.6. The maximum Gasteiger partial charge on any atom is 0.223 e. The van der Waals surface area contributed by atoms with E-state index in [0.29, 0.717) is 0 Å². The Balaban J connectivity index is 1.55. The number of hydrogen-bond donors (Lipinski definition) is 0. The van der Waals surface area contributed by atoms with Gasteiger partial charge < -0.3 is 4.90 Å². The van der Waals surface area contributed by atoms with E-state index in [9.17, 15) is 4.79 Å². The third-order valence-corrected chi connectivity index (χ3v) is 5.37. The number of hydrogen-bond acceptors (Lipinski definition) is 3. The fourth-order valence-electron chi connectivity index (χ4n) is 4.27. The van der Waals surface area contributed by atoms with Crippen LogP contribution in [0.15, 0.2) is 48.8 Å². The van der Waals surface area contributed by atoms with Crippen LogP contribution in [0.3, 0.4) is 0 Å². The molecule has 0 bridgehead atoms. The Morgan fingerprint density at radius 1 is 1.21 bits per heavy atom. The maximum atomic E-state index is 12.2. The molecule has 0 saturated carbocycles. The van der Waals surface area contributed by atoms with Gasteiger partial charge in [-0.05, 0) is 42.6 Å². The van der Waals surface area contributed by atoms with Gasteiger partial charge >= 0.3 is 0 Å². The molecule has 2 aromatic rings. The molecule has 2 aliphatic rings. The van der Waals surface area contributed by atoms with Crippen molar-refractivity contribution in [2.75, 3.05) is 24.5 Å². The lowest BCUT2D eigenvalue weighted by Gasteiger charge is -2.41. The summed E-state index contributed by atoms with van der Waals surface area (Å²) in [6.45, 7) is 5.58. The predicted molar refractivity (Wildman–Crippen MR) is 94.7 cm³/mol. The molecule has 4 rings (SSSR count). The standard InChI is InChI=1S/C20H23N3O/c1-16(24)23-15-20(11-18-6-2-3-7-19(18)23)8-10-22(14-20)13-17-5-4-9-21-12-17/h2-7,9,12H,8,10-11,13-15H2,1H3. The van der Waals surface area contributed by atoms with E-state index in [1.807, 2.05) is 29.4 Å². The van der Waals surface area contributed by atoms with Crippen molar-refractivity contribution >= 4 is 11.6 Å². The topological polar surface area (TPSA) is 36.4 Å². The van der Waals surface area contributed by atoms with Gasteiger partial charge in [-0.25, -0.2) is 0 Å². The summed E-state index contributed by atoms with van der Waals surface area (Å²) in [4.78, 5) is 20.9. The van der Waals surface area contributed by atoms with Gasteiger partial charge in [-0.15, -0.1) is 0 Å². The van der Waals surface area contributed by atoms with E-state index in [2.05, 4.69) is 34.1 Å². The molecule has 24 heavy (non-hydrogen) atoms. The zero-order valence-corrected chi connectivity index (χ0v) is 14.1. The highest BCUT2D eigenvalue weighted by atomic mass is 16.2. The predicted octanol–water partition coefficient (Wildman–Crippen LogP) is 2.88. The lowest BCUT2D eigenvalue weighted by molar-refractivity contribution is -0.117. The second-order valence-corrected chi connectivity index (χ2v) is 7.23. The Morgan fingerprint density at radius 2 is 2.08 bits per heavy atom. The lowest BCUT2D eigenvalue weighted by Crippen LogP contribution is -2.47. The van der Waals surface area contributed by atoms with Crippen LogP contribution >= 0.6 is 0 Å². The molecule has 2 aliphatic heterocycles. The number of likely N-dealkylation sites (tertiary alicyclic amines) is 1. The van der Waals surface area contributed by atoms with Crippen molar-refractivity contribution in [3.63, 3.8) is 0 Å². The van der Waals surface area contributed by atoms with Gasteiger partial charge in [-0.1, -0.05) is 24.3 Å². The van der Waals surface area contributed by atoms with Crippen molar-refractivity contribution in [3.05, 3.63) is 59.9 Å². The number of anilines is 1. The first-order valence-electron chi connectivity index (χ1n) is 8.63. The Kier molecular flexibility index (Phi) is 3.85. The largest absolute Gasteiger partial charge is 0.312 e. The number of aromatic nitrogens is 1. The molecule has 1 spiro atoms. The first-order valence-corrected chi connectivity index (χ1v) is 8.63. The highest BCUT2D eigenvalue weighted by molar-refractivity contribution is 5.93. The number of para-hydroxylation sites is 1. The number of carbonyl (C=O) groups excluding carboxylic acids is 1. The monoisotopic (exact) mass is 321 g/mol. The number of fused-ring (bicyclic) bond motifs is 1. The second kappa shape index (κ2) is 6.02. The van der Waals surface area contributed by atoms with Crippen LogP contribution in [-0.2, 0) is 17.8 Å². The lowest BCUT2D eigenvalue weighted by atomic mass is 9.77. The first kappa shape index (κ1) is 15.3. The average Bonchev–Trinajstić information content (AvgIpc) is 2.97. The molecule has 0 radical (unpaired) electrons. The van der Waals surface area contributed by atoms with Crippen molar-refractivity contribution in [1.82, 2.24) is 9.88 Å². The van der Waals surface area contributed by atoms with Gasteiger partial charge in [-0.3, -0.25) is 14.7 Å². The average molecular weight is 321 g/mol. The molecule has 0 aliphatic carbocycles. The van der Waals surface area contributed by atoms with Crippen LogP contribution in [0, 0.1) is 5.41 Å². The molecule has 1 aromatic carbocycles. The fourth-order valence-corrected chi connectivity index (χ4v) is 4.27. The Hall–Kier alpha value is -2.20. The van der Waals surface area contributed by atoms with Crippen molar-refractivity contribution in [2.45, 2.75) is 26.3 Å². The molecule has 1 atom stereocenters. The van der Waals surface area contributed by atoms with E-state index in [4.69, 9.17) is 0 Å². The summed E-state index contributed by atoms with van der Waals surface area (Å²) in [5, 5.41) is 0. The number of pyridine rings is 1. The summed E-state index contributed by atoms with van der Waals surface area (Å²) in [6, 6.07) is 12.5. The minimum absolute atomic E-state index is 0.146. The molecule has 1 amide bonds. The summed E-state index contributed by atoms with van der Waals surface area (Å²) < 4.78 is 0. The Bertz CT molecular complexity index is 746. The molecule has 4 heteroatoms. The maximum absolute atomic E-state index is 12.2. The molecule has 1 fully saturated rings. The first-order chi connectivity index (χ1) is 11.7. The third kappa shape index (κ3) is 2.82. The van der Waals surface area contributed by atoms with E-state index < -0.39 is 0 Å². The minimum Gasteiger partial charge on any atom is -0.312 e. The van der Waals surface area contributed by atoms with Crippen LogP contribution in [0.4, 0.5) is 5.69 Å². The van der Waals surface area contributed by atoms with E-state index in [0.717, 1.165) is 44.7 Å². The molecule has 3 heterocycles. The van der Waals surface area contributed by atoms with Crippen LogP contribution in [0.1, 0.15) is 24.5 Å². The third-order valence-electron chi connectivity index (χ3n) is 5.37. The minimum atomic E-state index is 0.146. The molecule has 1 saturated heterocycles. The summed E-state index contributed by atoms with van der Waals surface area (Å²) >= 11 is 0. The van der Waals surface area contributed by atoms with Gasteiger partial charge in [0.1, 0.15) is 0 Å². The number of carbonyl (C=O) groups is 1. The molecule has 1 aromatic heterocycles. The molecule has 4 nitrogen and oxygen atoms in total. The summed E-state index contributed by atoms with van der Waals surface area (Å²) in [7, 11) is 0. The van der Waals surface area contributed by atoms with Crippen molar-refractivity contribution in [1.29, 1.82) is 0 Å². The van der Waals surface area contributed by atoms with E-state index in [-0.39, 0.29) is 11.3 Å². The smallest absolute Gasteiger partial charge is 0.223 e. The van der Waals surface area contributed by atoms with E-state index in [1.165, 1.54) is 11.1 Å². The van der Waals surface area contributed by atoms with Gasteiger partial charge in [0.15, 0.2) is 0 Å². The van der Waals surface area contributed by atoms with Gasteiger partial charge in [0.2, 0.25) is 5.91 Å². The van der Waals surface area contributed by atoms with Crippen molar-refractivity contribution < 1.29 is 4.79 Å². The number of nitrogens with zero attached hydrogens (tertiary/aromatic N) is 3. The van der Waals surface area contributed by atoms with Gasteiger partial charge in [0.25, 0.3) is 0 Å². The normalized spacial score (nSPS) is 23.5. The second-order valence-electron chi connectivity index (χ2n) is 7.23. The molecule has 124 valence electrons. The van der Waals surface area contributed by atoms with Gasteiger partial charge in [0, 0.05) is 50.1 Å². The van der Waals surface area contributed by atoms with Crippen LogP contribution < -0.4 is 4.90 Å². The zero-order valence-electron chi connectivity index (χ0n) is 14.1. The number of amides is 1. The molecule has 1 unspecified atom stereocenters. The summed E-state index contributed by atoms with van der Waals surface area (Å²) in [6.07, 6.45) is 5.97. The number of rotatable bonds is 2. The number of benzene rings is 1. The van der Waals surface area contributed by atoms with Crippen LogP contribution in [0.2, 0.25) is 0 Å².